The van der Waals surface area contributed by atoms with Crippen molar-refractivity contribution in [3.8, 4) is 17.3 Å². The van der Waals surface area contributed by atoms with Crippen LogP contribution in [-0.4, -0.2) is 48.2 Å². The maximum Gasteiger partial charge on any atom is 0.419 e. The number of hydrogen-bond donors (Lipinski definition) is 0. The van der Waals surface area contributed by atoms with E-state index in [0.29, 0.717) is 43.3 Å². The third kappa shape index (κ3) is 4.55. The Kier molecular flexibility index (Phi) is 6.05. The third-order valence-electron chi connectivity index (χ3n) is 5.09. The standard InChI is InChI=1S/C21H18ClF4N5O/c1-32-20-28-17(13-4-5-16(23)15(22)11-13)12-18(29-20)30-7-9-31(10-8-30)19-14(21(24,25)26)3-2-6-27-19/h2-6,11-12H,7-10H2,1H3. The van der Waals surface area contributed by atoms with Gasteiger partial charge in [0.1, 0.15) is 17.5 Å². The molecule has 0 amide bonds. The zero-order valence-electron chi connectivity index (χ0n) is 16.9. The molecule has 2 aromatic heterocycles. The molecular formula is C21H18ClF4N5O. The van der Waals surface area contributed by atoms with Crippen LogP contribution in [0.15, 0.2) is 42.6 Å². The molecule has 11 heteroatoms. The Bertz CT molecular complexity index is 1120. The van der Waals surface area contributed by atoms with Crippen LogP contribution in [0.25, 0.3) is 11.3 Å². The van der Waals surface area contributed by atoms with Crippen molar-refractivity contribution in [2.24, 2.45) is 0 Å². The van der Waals surface area contributed by atoms with Gasteiger partial charge in [-0.25, -0.2) is 9.37 Å². The molecule has 1 aliphatic heterocycles. The zero-order chi connectivity index (χ0) is 22.9. The SMILES string of the molecule is COc1nc(-c2ccc(F)c(Cl)c2)cc(N2CCN(c3ncccc3C(F)(F)F)CC2)n1. The second-order valence-electron chi connectivity index (χ2n) is 7.07. The molecule has 0 spiro atoms. The molecule has 6 nitrogen and oxygen atoms in total. The Balaban J connectivity index is 1.57. The van der Waals surface area contributed by atoms with Crippen LogP contribution in [0.4, 0.5) is 29.2 Å². The Morgan fingerprint density at radius 1 is 1.00 bits per heavy atom. The highest BCUT2D eigenvalue weighted by molar-refractivity contribution is 6.31. The van der Waals surface area contributed by atoms with E-state index in [-0.39, 0.29) is 16.9 Å². The molecule has 1 aromatic carbocycles. The lowest BCUT2D eigenvalue weighted by Gasteiger charge is -2.37. The molecule has 4 rings (SSSR count). The normalized spacial score (nSPS) is 14.6. The number of benzene rings is 1. The van der Waals surface area contributed by atoms with E-state index in [0.717, 1.165) is 6.07 Å². The van der Waals surface area contributed by atoms with Gasteiger partial charge in [-0.15, -0.1) is 0 Å². The second kappa shape index (κ2) is 8.78. The van der Waals surface area contributed by atoms with Crippen LogP contribution in [0.5, 0.6) is 6.01 Å². The van der Waals surface area contributed by atoms with Gasteiger partial charge in [-0.05, 0) is 30.3 Å². The number of ether oxygens (including phenoxy) is 1. The van der Waals surface area contributed by atoms with E-state index >= 15 is 0 Å². The maximum absolute atomic E-state index is 13.5. The number of pyridine rings is 1. The molecular weight excluding hydrogens is 450 g/mol. The number of alkyl halides is 3. The second-order valence-corrected chi connectivity index (χ2v) is 7.48. The van der Waals surface area contributed by atoms with Crippen molar-refractivity contribution in [2.75, 3.05) is 43.1 Å². The van der Waals surface area contributed by atoms with Crippen molar-refractivity contribution < 1.29 is 22.3 Å². The van der Waals surface area contributed by atoms with Gasteiger partial charge in [0.15, 0.2) is 0 Å². The minimum Gasteiger partial charge on any atom is -0.467 e. The summed E-state index contributed by atoms with van der Waals surface area (Å²) in [7, 11) is 1.43. The van der Waals surface area contributed by atoms with E-state index < -0.39 is 17.6 Å². The van der Waals surface area contributed by atoms with E-state index in [2.05, 4.69) is 15.0 Å². The highest BCUT2D eigenvalue weighted by Crippen LogP contribution is 2.36. The van der Waals surface area contributed by atoms with Crippen molar-refractivity contribution in [2.45, 2.75) is 6.18 Å². The molecule has 0 saturated carbocycles. The molecule has 3 aromatic rings. The summed E-state index contributed by atoms with van der Waals surface area (Å²) in [4.78, 5) is 16.2. The summed E-state index contributed by atoms with van der Waals surface area (Å²) in [5.41, 5.74) is 0.313. The minimum atomic E-state index is -4.48. The summed E-state index contributed by atoms with van der Waals surface area (Å²) in [5.74, 6) is -0.0777. The lowest BCUT2D eigenvalue weighted by Crippen LogP contribution is -2.47. The van der Waals surface area contributed by atoms with Crippen LogP contribution in [-0.2, 0) is 6.18 Å². The number of piperazine rings is 1. The number of rotatable bonds is 4. The van der Waals surface area contributed by atoms with E-state index in [1.54, 1.807) is 17.0 Å². The molecule has 32 heavy (non-hydrogen) atoms. The summed E-state index contributed by atoms with van der Waals surface area (Å²) >= 11 is 5.89. The highest BCUT2D eigenvalue weighted by Gasteiger charge is 2.36. The number of halogens is 5. The largest absolute Gasteiger partial charge is 0.467 e. The predicted molar refractivity (Wildman–Crippen MR) is 113 cm³/mol. The first-order chi connectivity index (χ1) is 15.3. The van der Waals surface area contributed by atoms with Crippen molar-refractivity contribution in [3.05, 3.63) is 59.0 Å². The first-order valence-electron chi connectivity index (χ1n) is 9.67. The maximum atomic E-state index is 13.5. The number of nitrogens with zero attached hydrogens (tertiary/aromatic N) is 5. The first-order valence-corrected chi connectivity index (χ1v) is 10.0. The van der Waals surface area contributed by atoms with E-state index in [4.69, 9.17) is 16.3 Å². The molecule has 0 atom stereocenters. The minimum absolute atomic E-state index is 0.0360. The number of methoxy groups -OCH3 is 1. The monoisotopic (exact) mass is 467 g/mol. The summed E-state index contributed by atoms with van der Waals surface area (Å²) in [6, 6.07) is 8.39. The van der Waals surface area contributed by atoms with Crippen molar-refractivity contribution in [1.82, 2.24) is 15.0 Å². The van der Waals surface area contributed by atoms with Gasteiger partial charge in [0.05, 0.1) is 23.4 Å². The van der Waals surface area contributed by atoms with Gasteiger partial charge in [0.2, 0.25) is 0 Å². The summed E-state index contributed by atoms with van der Waals surface area (Å²) in [6.45, 7) is 1.48. The van der Waals surface area contributed by atoms with Gasteiger partial charge in [-0.3, -0.25) is 0 Å². The third-order valence-corrected chi connectivity index (χ3v) is 5.37. The van der Waals surface area contributed by atoms with Gasteiger partial charge in [0.25, 0.3) is 0 Å². The van der Waals surface area contributed by atoms with Crippen LogP contribution in [0.1, 0.15) is 5.56 Å². The van der Waals surface area contributed by atoms with Crippen LogP contribution >= 0.6 is 11.6 Å². The van der Waals surface area contributed by atoms with Gasteiger partial charge in [-0.2, -0.15) is 23.1 Å². The summed E-state index contributed by atoms with van der Waals surface area (Å²) in [6.07, 6.45) is -3.13. The molecule has 0 aliphatic carbocycles. The fourth-order valence-corrected chi connectivity index (χ4v) is 3.67. The lowest BCUT2D eigenvalue weighted by molar-refractivity contribution is -0.137. The predicted octanol–water partition coefficient (Wildman–Crippen LogP) is 4.69. The van der Waals surface area contributed by atoms with Gasteiger partial charge < -0.3 is 14.5 Å². The molecule has 1 fully saturated rings. The summed E-state index contributed by atoms with van der Waals surface area (Å²) < 4.78 is 58.8. The van der Waals surface area contributed by atoms with Crippen molar-refractivity contribution in [3.63, 3.8) is 0 Å². The Labute approximate surface area is 186 Å². The van der Waals surface area contributed by atoms with Gasteiger partial charge >= 0.3 is 12.2 Å². The molecule has 1 saturated heterocycles. The Morgan fingerprint density at radius 2 is 1.72 bits per heavy atom. The van der Waals surface area contributed by atoms with Gasteiger partial charge in [-0.1, -0.05) is 11.6 Å². The molecule has 0 N–H and O–H groups in total. The Hall–Kier alpha value is -3.14. The average molecular weight is 468 g/mol. The zero-order valence-corrected chi connectivity index (χ0v) is 17.7. The van der Waals surface area contributed by atoms with E-state index in [1.165, 1.54) is 31.5 Å². The van der Waals surface area contributed by atoms with Gasteiger partial charge in [0, 0.05) is 44.0 Å². The van der Waals surface area contributed by atoms with Crippen LogP contribution in [0.2, 0.25) is 5.02 Å². The van der Waals surface area contributed by atoms with Crippen LogP contribution in [0.3, 0.4) is 0 Å². The van der Waals surface area contributed by atoms with Crippen molar-refractivity contribution >= 4 is 23.2 Å². The summed E-state index contributed by atoms with van der Waals surface area (Å²) in [5, 5.41) is -0.0360. The van der Waals surface area contributed by atoms with Crippen molar-refractivity contribution in [1.29, 1.82) is 0 Å². The van der Waals surface area contributed by atoms with E-state index in [9.17, 15) is 17.6 Å². The molecule has 168 valence electrons. The molecule has 3 heterocycles. The quantitative estimate of drug-likeness (QED) is 0.519. The topological polar surface area (TPSA) is 54.4 Å². The molecule has 0 bridgehead atoms. The number of anilines is 2. The average Bonchev–Trinajstić information content (AvgIpc) is 2.80. The Morgan fingerprint density at radius 3 is 2.38 bits per heavy atom. The first kappa shape index (κ1) is 22.1. The number of aromatic nitrogens is 3. The molecule has 0 radical (unpaired) electrons. The van der Waals surface area contributed by atoms with Crippen LogP contribution in [0, 0.1) is 5.82 Å². The lowest BCUT2D eigenvalue weighted by atomic mass is 10.1. The fourth-order valence-electron chi connectivity index (χ4n) is 3.49. The molecule has 0 unspecified atom stereocenters. The smallest absolute Gasteiger partial charge is 0.419 e. The van der Waals surface area contributed by atoms with Crippen LogP contribution < -0.4 is 14.5 Å². The fraction of sp³-hybridized carbons (Fsp3) is 0.286. The van der Waals surface area contributed by atoms with E-state index in [1.807, 2.05) is 4.90 Å². The molecule has 1 aliphatic rings. The highest BCUT2D eigenvalue weighted by atomic mass is 35.5. The number of hydrogen-bond acceptors (Lipinski definition) is 6.